The highest BCUT2D eigenvalue weighted by molar-refractivity contribution is 6.32. The van der Waals surface area contributed by atoms with E-state index in [1.807, 2.05) is 25.4 Å². The first-order chi connectivity index (χ1) is 10.8. The van der Waals surface area contributed by atoms with Gasteiger partial charge in [0.15, 0.2) is 11.0 Å². The van der Waals surface area contributed by atoms with Gasteiger partial charge < -0.3 is 15.1 Å². The molecule has 1 fully saturated rings. The number of nitrogens with zero attached hydrogens (tertiary/aromatic N) is 5. The molecule has 0 amide bonds. The monoisotopic (exact) mass is 318 g/mol. The molecule has 3 heterocycles. The summed E-state index contributed by atoms with van der Waals surface area (Å²) in [5, 5.41) is 3.56. The second-order valence-electron chi connectivity index (χ2n) is 5.13. The van der Waals surface area contributed by atoms with Crippen molar-refractivity contribution < 1.29 is 0 Å². The summed E-state index contributed by atoms with van der Waals surface area (Å²) in [6.45, 7) is 3.70. The van der Waals surface area contributed by atoms with Gasteiger partial charge in [0.2, 0.25) is 0 Å². The molecule has 0 saturated carbocycles. The summed E-state index contributed by atoms with van der Waals surface area (Å²) in [5.41, 5.74) is 0.787. The van der Waals surface area contributed by atoms with Crippen LogP contribution in [-0.4, -0.2) is 48.2 Å². The van der Waals surface area contributed by atoms with Gasteiger partial charge in [-0.3, -0.25) is 0 Å². The Hall–Kier alpha value is -2.08. The van der Waals surface area contributed by atoms with E-state index in [0.717, 1.165) is 49.9 Å². The molecule has 1 saturated heterocycles. The van der Waals surface area contributed by atoms with E-state index >= 15 is 0 Å². The van der Waals surface area contributed by atoms with Crippen LogP contribution in [0.25, 0.3) is 0 Å². The first-order valence-electron chi connectivity index (χ1n) is 7.39. The number of rotatable bonds is 3. The third kappa shape index (κ3) is 3.06. The first kappa shape index (κ1) is 14.8. The lowest BCUT2D eigenvalue weighted by atomic mass is 10.3. The normalized spacial score (nSPS) is 15.5. The number of anilines is 3. The molecule has 0 radical (unpaired) electrons. The molecule has 1 aliphatic rings. The molecule has 7 heteroatoms. The SMILES string of the molecule is CNc1c(Cl)ncnc1N1CCCN(c2ccccn2)CC1. The van der Waals surface area contributed by atoms with E-state index in [-0.39, 0.29) is 0 Å². The Morgan fingerprint density at radius 2 is 1.86 bits per heavy atom. The molecule has 0 aliphatic carbocycles. The summed E-state index contributed by atoms with van der Waals surface area (Å²) in [4.78, 5) is 17.4. The fourth-order valence-corrected chi connectivity index (χ4v) is 2.93. The Balaban J connectivity index is 1.77. The van der Waals surface area contributed by atoms with E-state index in [1.54, 1.807) is 0 Å². The molecule has 2 aromatic rings. The van der Waals surface area contributed by atoms with Gasteiger partial charge in [0.05, 0.1) is 0 Å². The van der Waals surface area contributed by atoms with E-state index in [2.05, 4.69) is 36.1 Å². The van der Waals surface area contributed by atoms with Crippen molar-refractivity contribution in [3.8, 4) is 0 Å². The van der Waals surface area contributed by atoms with Gasteiger partial charge in [0, 0.05) is 39.4 Å². The summed E-state index contributed by atoms with van der Waals surface area (Å²) in [6, 6.07) is 6.01. The van der Waals surface area contributed by atoms with Crippen molar-refractivity contribution in [2.45, 2.75) is 6.42 Å². The van der Waals surface area contributed by atoms with Crippen LogP contribution in [0, 0.1) is 0 Å². The molecule has 0 bridgehead atoms. The van der Waals surface area contributed by atoms with Crippen molar-refractivity contribution in [2.24, 2.45) is 0 Å². The Kier molecular flexibility index (Phi) is 4.58. The molecule has 22 heavy (non-hydrogen) atoms. The van der Waals surface area contributed by atoms with E-state index in [4.69, 9.17) is 11.6 Å². The standard InChI is InChI=1S/C15H19ClN6/c1-17-13-14(16)19-11-20-15(13)22-8-4-7-21(9-10-22)12-5-2-3-6-18-12/h2-3,5-6,11,17H,4,7-10H2,1H3. The van der Waals surface area contributed by atoms with Crippen molar-refractivity contribution in [3.63, 3.8) is 0 Å². The molecule has 1 aliphatic heterocycles. The lowest BCUT2D eigenvalue weighted by Crippen LogP contribution is -2.32. The van der Waals surface area contributed by atoms with Gasteiger partial charge in [-0.2, -0.15) is 0 Å². The molecule has 3 rings (SSSR count). The van der Waals surface area contributed by atoms with E-state index in [1.165, 1.54) is 6.33 Å². The number of pyridine rings is 1. The molecule has 6 nitrogen and oxygen atoms in total. The zero-order chi connectivity index (χ0) is 15.4. The number of halogens is 1. The fourth-order valence-electron chi connectivity index (χ4n) is 2.71. The topological polar surface area (TPSA) is 57.2 Å². The Morgan fingerprint density at radius 3 is 2.64 bits per heavy atom. The van der Waals surface area contributed by atoms with Crippen molar-refractivity contribution >= 4 is 28.9 Å². The Morgan fingerprint density at radius 1 is 1.05 bits per heavy atom. The van der Waals surface area contributed by atoms with Crippen LogP contribution in [0.2, 0.25) is 5.15 Å². The van der Waals surface area contributed by atoms with Gasteiger partial charge in [-0.05, 0) is 18.6 Å². The van der Waals surface area contributed by atoms with E-state index in [9.17, 15) is 0 Å². The fraction of sp³-hybridized carbons (Fsp3) is 0.400. The van der Waals surface area contributed by atoms with E-state index in [0.29, 0.717) is 5.15 Å². The lowest BCUT2D eigenvalue weighted by Gasteiger charge is -2.25. The van der Waals surface area contributed by atoms with Crippen LogP contribution in [0.1, 0.15) is 6.42 Å². The molecule has 2 aromatic heterocycles. The van der Waals surface area contributed by atoms with Gasteiger partial charge in [-0.1, -0.05) is 17.7 Å². The van der Waals surface area contributed by atoms with Crippen molar-refractivity contribution in [1.29, 1.82) is 0 Å². The summed E-state index contributed by atoms with van der Waals surface area (Å²) in [6.07, 6.45) is 4.39. The van der Waals surface area contributed by atoms with Crippen molar-refractivity contribution in [1.82, 2.24) is 15.0 Å². The molecular weight excluding hydrogens is 300 g/mol. The second-order valence-corrected chi connectivity index (χ2v) is 5.49. The molecule has 0 unspecified atom stereocenters. The van der Waals surface area contributed by atoms with Gasteiger partial charge in [-0.25, -0.2) is 15.0 Å². The summed E-state index contributed by atoms with van der Waals surface area (Å²) in [5.74, 6) is 1.89. The van der Waals surface area contributed by atoms with Crippen LogP contribution in [0.3, 0.4) is 0 Å². The Bertz CT molecular complexity index is 621. The smallest absolute Gasteiger partial charge is 0.157 e. The van der Waals surface area contributed by atoms with Crippen LogP contribution in [0.5, 0.6) is 0 Å². The first-order valence-corrected chi connectivity index (χ1v) is 7.76. The zero-order valence-corrected chi connectivity index (χ0v) is 13.3. The highest BCUT2D eigenvalue weighted by atomic mass is 35.5. The van der Waals surface area contributed by atoms with Crippen LogP contribution < -0.4 is 15.1 Å². The molecule has 1 N–H and O–H groups in total. The van der Waals surface area contributed by atoms with Crippen LogP contribution in [0.4, 0.5) is 17.3 Å². The highest BCUT2D eigenvalue weighted by Crippen LogP contribution is 2.29. The van der Waals surface area contributed by atoms with Crippen LogP contribution in [0.15, 0.2) is 30.7 Å². The van der Waals surface area contributed by atoms with Gasteiger partial charge in [-0.15, -0.1) is 0 Å². The van der Waals surface area contributed by atoms with Crippen molar-refractivity contribution in [2.75, 3.05) is 48.3 Å². The summed E-state index contributed by atoms with van der Waals surface area (Å²) >= 11 is 6.15. The molecule has 116 valence electrons. The zero-order valence-electron chi connectivity index (χ0n) is 12.5. The molecular formula is C15H19ClN6. The highest BCUT2D eigenvalue weighted by Gasteiger charge is 2.20. The largest absolute Gasteiger partial charge is 0.383 e. The van der Waals surface area contributed by atoms with Crippen LogP contribution in [-0.2, 0) is 0 Å². The molecule has 0 aromatic carbocycles. The third-order valence-corrected chi connectivity index (χ3v) is 4.09. The predicted molar refractivity (Wildman–Crippen MR) is 89.9 cm³/mol. The van der Waals surface area contributed by atoms with Gasteiger partial charge in [0.25, 0.3) is 0 Å². The third-order valence-electron chi connectivity index (χ3n) is 3.80. The molecule has 0 atom stereocenters. The Labute approximate surface area is 135 Å². The minimum absolute atomic E-state index is 0.457. The minimum atomic E-state index is 0.457. The number of hydrogen-bond acceptors (Lipinski definition) is 6. The number of hydrogen-bond donors (Lipinski definition) is 1. The minimum Gasteiger partial charge on any atom is -0.383 e. The maximum absolute atomic E-state index is 6.15. The average Bonchev–Trinajstić information content (AvgIpc) is 2.81. The van der Waals surface area contributed by atoms with E-state index < -0.39 is 0 Å². The van der Waals surface area contributed by atoms with Gasteiger partial charge >= 0.3 is 0 Å². The summed E-state index contributed by atoms with van der Waals surface area (Å²) in [7, 11) is 1.84. The quantitative estimate of drug-likeness (QED) is 0.876. The maximum Gasteiger partial charge on any atom is 0.157 e. The number of nitrogens with one attached hydrogen (secondary N) is 1. The lowest BCUT2D eigenvalue weighted by molar-refractivity contribution is 0.793. The molecule has 0 spiro atoms. The van der Waals surface area contributed by atoms with Gasteiger partial charge in [0.1, 0.15) is 17.8 Å². The number of aromatic nitrogens is 3. The predicted octanol–water partition coefficient (Wildman–Crippen LogP) is 2.28. The van der Waals surface area contributed by atoms with Crippen molar-refractivity contribution in [3.05, 3.63) is 35.9 Å². The maximum atomic E-state index is 6.15. The average molecular weight is 319 g/mol. The van der Waals surface area contributed by atoms with Crippen LogP contribution >= 0.6 is 11.6 Å². The second kappa shape index (κ2) is 6.79. The summed E-state index contributed by atoms with van der Waals surface area (Å²) < 4.78 is 0.